The average Bonchev–Trinajstić information content (AvgIpc) is 2.35. The highest BCUT2D eigenvalue weighted by Crippen LogP contribution is 2.22. The molecule has 2 rings (SSSR count). The van der Waals surface area contributed by atoms with Gasteiger partial charge in [-0.25, -0.2) is 8.42 Å². The first-order valence-corrected chi connectivity index (χ1v) is 7.13. The zero-order valence-electron chi connectivity index (χ0n) is 9.96. The van der Waals surface area contributed by atoms with Crippen molar-refractivity contribution in [2.75, 3.05) is 10.5 Å². The molecule has 6 nitrogen and oxygen atoms in total. The summed E-state index contributed by atoms with van der Waals surface area (Å²) in [5.74, 6) is 0.0891. The van der Waals surface area contributed by atoms with Gasteiger partial charge in [-0.1, -0.05) is 17.7 Å². The van der Waals surface area contributed by atoms with Crippen molar-refractivity contribution < 1.29 is 8.42 Å². The van der Waals surface area contributed by atoms with E-state index in [1.807, 2.05) is 0 Å². The van der Waals surface area contributed by atoms with E-state index >= 15 is 0 Å². The molecule has 0 unspecified atom stereocenters. The van der Waals surface area contributed by atoms with E-state index < -0.39 is 10.0 Å². The molecule has 0 fully saturated rings. The van der Waals surface area contributed by atoms with E-state index in [0.717, 1.165) is 0 Å². The molecule has 0 amide bonds. The van der Waals surface area contributed by atoms with E-state index in [2.05, 4.69) is 14.9 Å². The highest BCUT2D eigenvalue weighted by Gasteiger charge is 2.18. The number of nitrogens with zero attached hydrogens (tertiary/aromatic N) is 2. The summed E-state index contributed by atoms with van der Waals surface area (Å²) in [6.45, 7) is 1.64. The van der Waals surface area contributed by atoms with Crippen LogP contribution < -0.4 is 10.5 Å². The molecule has 2 aromatic rings. The van der Waals surface area contributed by atoms with E-state index in [1.165, 1.54) is 18.2 Å². The number of sulfonamides is 1. The maximum atomic E-state index is 12.2. The predicted octanol–water partition coefficient (Wildman–Crippen LogP) is 1.82. The van der Waals surface area contributed by atoms with Gasteiger partial charge in [0.25, 0.3) is 10.0 Å². The molecule has 0 saturated heterocycles. The molecule has 0 aliphatic rings. The molecule has 100 valence electrons. The monoisotopic (exact) mass is 298 g/mol. The maximum absolute atomic E-state index is 12.2. The van der Waals surface area contributed by atoms with Crippen LogP contribution in [0.25, 0.3) is 0 Å². The summed E-state index contributed by atoms with van der Waals surface area (Å²) in [6, 6.07) is 7.55. The molecular weight excluding hydrogens is 288 g/mol. The lowest BCUT2D eigenvalue weighted by molar-refractivity contribution is 0.600. The van der Waals surface area contributed by atoms with Crippen LogP contribution >= 0.6 is 11.6 Å². The molecule has 0 atom stereocenters. The Morgan fingerprint density at radius 3 is 2.58 bits per heavy atom. The van der Waals surface area contributed by atoms with E-state index in [4.69, 9.17) is 17.3 Å². The Kier molecular flexibility index (Phi) is 3.59. The van der Waals surface area contributed by atoms with Crippen LogP contribution in [0.15, 0.2) is 35.2 Å². The Hall–Kier alpha value is -1.86. The summed E-state index contributed by atoms with van der Waals surface area (Å²) in [6.07, 6.45) is 0. The first-order valence-electron chi connectivity index (χ1n) is 5.27. The molecule has 1 aromatic carbocycles. The zero-order valence-corrected chi connectivity index (χ0v) is 11.5. The lowest BCUT2D eigenvalue weighted by Gasteiger charge is -2.10. The van der Waals surface area contributed by atoms with Crippen molar-refractivity contribution in [3.8, 4) is 0 Å². The Balaban J connectivity index is 2.38. The molecule has 1 aromatic heterocycles. The third kappa shape index (κ3) is 2.94. The van der Waals surface area contributed by atoms with Crippen LogP contribution in [0.5, 0.6) is 0 Å². The summed E-state index contributed by atoms with van der Waals surface area (Å²) in [4.78, 5) is 0.101. The normalized spacial score (nSPS) is 11.3. The van der Waals surface area contributed by atoms with Gasteiger partial charge in [-0.15, -0.1) is 10.2 Å². The van der Waals surface area contributed by atoms with Crippen LogP contribution in [0, 0.1) is 6.92 Å². The van der Waals surface area contributed by atoms with Gasteiger partial charge in [0.15, 0.2) is 11.0 Å². The third-order valence-electron chi connectivity index (χ3n) is 2.49. The van der Waals surface area contributed by atoms with Crippen molar-refractivity contribution >= 4 is 33.1 Å². The fraction of sp³-hybridized carbons (Fsp3) is 0.0909. The van der Waals surface area contributed by atoms with Crippen molar-refractivity contribution in [3.63, 3.8) is 0 Å². The standard InChI is InChI=1S/C11H11ClN4O2S/c1-7-8(13)3-2-4-9(7)19(17,18)16-11-6-5-10(12)14-15-11/h2-6H,13H2,1H3,(H,15,16). The van der Waals surface area contributed by atoms with Gasteiger partial charge >= 0.3 is 0 Å². The van der Waals surface area contributed by atoms with Gasteiger partial charge in [0, 0.05) is 5.69 Å². The van der Waals surface area contributed by atoms with E-state index in [-0.39, 0.29) is 15.9 Å². The second-order valence-electron chi connectivity index (χ2n) is 3.82. The highest BCUT2D eigenvalue weighted by molar-refractivity contribution is 7.92. The van der Waals surface area contributed by atoms with Gasteiger partial charge in [-0.2, -0.15) is 0 Å². The number of rotatable bonds is 3. The van der Waals surface area contributed by atoms with Crippen molar-refractivity contribution in [2.24, 2.45) is 0 Å². The van der Waals surface area contributed by atoms with E-state index in [9.17, 15) is 8.42 Å². The van der Waals surface area contributed by atoms with Gasteiger partial charge in [-0.05, 0) is 36.8 Å². The first-order chi connectivity index (χ1) is 8.90. The summed E-state index contributed by atoms with van der Waals surface area (Å²) in [7, 11) is -3.75. The molecule has 0 radical (unpaired) electrons. The van der Waals surface area contributed by atoms with Crippen LogP contribution in [0.4, 0.5) is 11.5 Å². The van der Waals surface area contributed by atoms with Crippen molar-refractivity contribution in [1.82, 2.24) is 10.2 Å². The zero-order chi connectivity index (χ0) is 14.0. The number of nitrogens with two attached hydrogens (primary N) is 1. The summed E-state index contributed by atoms with van der Waals surface area (Å²) in [5.41, 5.74) is 6.58. The SMILES string of the molecule is Cc1c(N)cccc1S(=O)(=O)Nc1ccc(Cl)nn1. The van der Waals surface area contributed by atoms with Crippen LogP contribution in [-0.4, -0.2) is 18.6 Å². The van der Waals surface area contributed by atoms with Crippen molar-refractivity contribution in [2.45, 2.75) is 11.8 Å². The van der Waals surface area contributed by atoms with Crippen molar-refractivity contribution in [3.05, 3.63) is 41.0 Å². The smallest absolute Gasteiger partial charge is 0.263 e. The molecular formula is C11H11ClN4O2S. The fourth-order valence-electron chi connectivity index (χ4n) is 1.49. The number of nitrogen functional groups attached to an aromatic ring is 1. The molecule has 0 spiro atoms. The van der Waals surface area contributed by atoms with Crippen LogP contribution in [0.3, 0.4) is 0 Å². The maximum Gasteiger partial charge on any atom is 0.263 e. The second kappa shape index (κ2) is 5.02. The largest absolute Gasteiger partial charge is 0.398 e. The van der Waals surface area contributed by atoms with Crippen molar-refractivity contribution in [1.29, 1.82) is 0 Å². The lowest BCUT2D eigenvalue weighted by Crippen LogP contribution is -2.16. The van der Waals surface area contributed by atoms with E-state index in [1.54, 1.807) is 19.1 Å². The minimum Gasteiger partial charge on any atom is -0.398 e. The number of benzene rings is 1. The molecule has 19 heavy (non-hydrogen) atoms. The van der Waals surface area contributed by atoms with E-state index in [0.29, 0.717) is 11.3 Å². The second-order valence-corrected chi connectivity index (χ2v) is 5.86. The number of hydrogen-bond donors (Lipinski definition) is 2. The minimum atomic E-state index is -3.75. The molecule has 8 heteroatoms. The Labute approximate surface area is 115 Å². The molecule has 0 aliphatic carbocycles. The van der Waals surface area contributed by atoms with Gasteiger partial charge in [0.1, 0.15) is 0 Å². The molecule has 1 heterocycles. The molecule has 3 N–H and O–H groups in total. The minimum absolute atomic E-state index is 0.0891. The molecule has 0 aliphatic heterocycles. The Bertz CT molecular complexity index is 701. The summed E-state index contributed by atoms with van der Waals surface area (Å²) in [5, 5.41) is 7.38. The third-order valence-corrected chi connectivity index (χ3v) is 4.19. The number of anilines is 2. The average molecular weight is 299 g/mol. The summed E-state index contributed by atoms with van der Waals surface area (Å²) >= 11 is 5.58. The molecule has 0 bridgehead atoms. The Morgan fingerprint density at radius 2 is 1.95 bits per heavy atom. The lowest BCUT2D eigenvalue weighted by atomic mass is 10.2. The van der Waals surface area contributed by atoms with Gasteiger partial charge in [-0.3, -0.25) is 4.72 Å². The van der Waals surface area contributed by atoms with Gasteiger partial charge in [0.05, 0.1) is 4.90 Å². The highest BCUT2D eigenvalue weighted by atomic mass is 35.5. The fourth-order valence-corrected chi connectivity index (χ4v) is 2.86. The van der Waals surface area contributed by atoms with Crippen LogP contribution in [-0.2, 0) is 10.0 Å². The summed E-state index contributed by atoms with van der Waals surface area (Å²) < 4.78 is 26.7. The predicted molar refractivity (Wildman–Crippen MR) is 73.4 cm³/mol. The first kappa shape index (κ1) is 13.6. The number of nitrogens with one attached hydrogen (secondary N) is 1. The van der Waals surface area contributed by atoms with Gasteiger partial charge < -0.3 is 5.73 Å². The topological polar surface area (TPSA) is 98.0 Å². The number of halogens is 1. The number of hydrogen-bond acceptors (Lipinski definition) is 5. The molecule has 0 saturated carbocycles. The quantitative estimate of drug-likeness (QED) is 0.842. The van der Waals surface area contributed by atoms with Gasteiger partial charge in [0.2, 0.25) is 0 Å². The van der Waals surface area contributed by atoms with Crippen LogP contribution in [0.2, 0.25) is 5.15 Å². The van der Waals surface area contributed by atoms with Crippen LogP contribution in [0.1, 0.15) is 5.56 Å². The Morgan fingerprint density at radius 1 is 1.21 bits per heavy atom. The number of aromatic nitrogens is 2.